The summed E-state index contributed by atoms with van der Waals surface area (Å²) in [4.78, 5) is 23.0. The molecule has 2 rings (SSSR count). The molecule has 1 amide bonds. The molecule has 7 nitrogen and oxygen atoms in total. The van der Waals surface area contributed by atoms with Crippen LogP contribution in [0.4, 0.5) is 0 Å². The van der Waals surface area contributed by atoms with Crippen molar-refractivity contribution in [3.05, 3.63) is 39.8 Å². The lowest BCUT2D eigenvalue weighted by atomic mass is 10.2. The standard InChI is InChI=1S/C16H12ClN3O4S/c1-3-6-24-12-5-4-10(7-11(12)17)9-18-20-16-19-15(22)13(25-16)8-14(21)23-2/h1,4-5,7-9H,6H2,2H3,(H,19,20,22)/b13-8+,18-9?. The largest absolute Gasteiger partial charge is 0.479 e. The number of nitrogens with zero attached hydrogens (tertiary/aromatic N) is 2. The molecule has 0 radical (unpaired) electrons. The lowest BCUT2D eigenvalue weighted by Crippen LogP contribution is -2.19. The Morgan fingerprint density at radius 2 is 2.32 bits per heavy atom. The third-order valence-electron chi connectivity index (χ3n) is 2.72. The minimum absolute atomic E-state index is 0.124. The number of carbonyl (C=O) groups excluding carboxylic acids is 2. The zero-order valence-electron chi connectivity index (χ0n) is 13.0. The van der Waals surface area contributed by atoms with E-state index < -0.39 is 11.9 Å². The van der Waals surface area contributed by atoms with E-state index in [1.807, 2.05) is 0 Å². The monoisotopic (exact) mass is 377 g/mol. The Balaban J connectivity index is 2.03. The van der Waals surface area contributed by atoms with Gasteiger partial charge in [0.2, 0.25) is 0 Å². The fourth-order valence-electron chi connectivity index (χ4n) is 1.62. The predicted molar refractivity (Wildman–Crippen MR) is 96.6 cm³/mol. The van der Waals surface area contributed by atoms with Crippen LogP contribution in [0.25, 0.3) is 0 Å². The molecule has 1 saturated heterocycles. The van der Waals surface area contributed by atoms with Gasteiger partial charge in [-0.3, -0.25) is 10.1 Å². The normalized spacial score (nSPS) is 16.9. The number of rotatable bonds is 5. The van der Waals surface area contributed by atoms with E-state index in [1.165, 1.54) is 13.3 Å². The zero-order valence-corrected chi connectivity index (χ0v) is 14.6. The summed E-state index contributed by atoms with van der Waals surface area (Å²) in [5, 5.41) is 10.9. The van der Waals surface area contributed by atoms with Gasteiger partial charge in [-0.05, 0) is 35.5 Å². The van der Waals surface area contributed by atoms with E-state index in [4.69, 9.17) is 22.8 Å². The summed E-state index contributed by atoms with van der Waals surface area (Å²) in [5.74, 6) is 1.76. The van der Waals surface area contributed by atoms with Gasteiger partial charge in [-0.25, -0.2) is 4.79 Å². The highest BCUT2D eigenvalue weighted by molar-refractivity contribution is 8.18. The van der Waals surface area contributed by atoms with Crippen LogP contribution < -0.4 is 10.1 Å². The number of nitrogens with one attached hydrogen (secondary N) is 1. The van der Waals surface area contributed by atoms with Crippen LogP contribution in [0.2, 0.25) is 5.02 Å². The van der Waals surface area contributed by atoms with Crippen molar-refractivity contribution < 1.29 is 19.1 Å². The number of amides is 1. The maximum Gasteiger partial charge on any atom is 0.331 e. The molecule has 1 aromatic carbocycles. The number of hydrogen-bond donors (Lipinski definition) is 1. The van der Waals surface area contributed by atoms with Crippen molar-refractivity contribution in [2.45, 2.75) is 0 Å². The van der Waals surface area contributed by atoms with Gasteiger partial charge in [0.1, 0.15) is 12.4 Å². The number of amidine groups is 1. The van der Waals surface area contributed by atoms with E-state index in [0.717, 1.165) is 17.8 Å². The van der Waals surface area contributed by atoms with Crippen molar-refractivity contribution in [2.24, 2.45) is 10.2 Å². The molecule has 0 saturated carbocycles. The molecule has 1 aliphatic heterocycles. The Bertz CT molecular complexity index is 827. The molecule has 1 aliphatic rings. The van der Waals surface area contributed by atoms with Crippen LogP contribution in [0.15, 0.2) is 39.4 Å². The lowest BCUT2D eigenvalue weighted by molar-refractivity contribution is -0.135. The van der Waals surface area contributed by atoms with Crippen molar-refractivity contribution in [2.75, 3.05) is 13.7 Å². The molecule has 1 heterocycles. The highest BCUT2D eigenvalue weighted by Crippen LogP contribution is 2.25. The topological polar surface area (TPSA) is 89.4 Å². The van der Waals surface area contributed by atoms with Crippen LogP contribution in [0.1, 0.15) is 5.56 Å². The van der Waals surface area contributed by atoms with Gasteiger partial charge in [0.15, 0.2) is 5.17 Å². The third-order valence-corrected chi connectivity index (χ3v) is 3.92. The van der Waals surface area contributed by atoms with Crippen LogP contribution in [0, 0.1) is 12.3 Å². The van der Waals surface area contributed by atoms with Crippen LogP contribution in [-0.2, 0) is 14.3 Å². The van der Waals surface area contributed by atoms with Crippen LogP contribution in [0.3, 0.4) is 0 Å². The smallest absolute Gasteiger partial charge is 0.331 e. The van der Waals surface area contributed by atoms with E-state index in [9.17, 15) is 9.59 Å². The number of halogens is 1. The van der Waals surface area contributed by atoms with E-state index >= 15 is 0 Å². The average molecular weight is 378 g/mol. The summed E-state index contributed by atoms with van der Waals surface area (Å²) in [5.41, 5.74) is 0.682. The second kappa shape index (κ2) is 8.92. The second-order valence-electron chi connectivity index (χ2n) is 4.42. The number of esters is 1. The van der Waals surface area contributed by atoms with Gasteiger partial charge in [0.25, 0.3) is 5.91 Å². The molecule has 1 aromatic rings. The quantitative estimate of drug-likeness (QED) is 0.278. The van der Waals surface area contributed by atoms with Crippen molar-refractivity contribution >= 4 is 46.6 Å². The van der Waals surface area contributed by atoms with Crippen molar-refractivity contribution in [1.82, 2.24) is 5.32 Å². The molecule has 0 atom stereocenters. The molecule has 0 unspecified atom stereocenters. The van der Waals surface area contributed by atoms with Crippen LogP contribution >= 0.6 is 23.4 Å². The van der Waals surface area contributed by atoms with E-state index in [2.05, 4.69) is 26.2 Å². The number of terminal acetylenes is 1. The number of methoxy groups -OCH3 is 1. The highest BCUT2D eigenvalue weighted by Gasteiger charge is 2.24. The molecule has 1 N–H and O–H groups in total. The first-order chi connectivity index (χ1) is 12.0. The van der Waals surface area contributed by atoms with Crippen molar-refractivity contribution in [3.8, 4) is 18.1 Å². The second-order valence-corrected chi connectivity index (χ2v) is 5.86. The van der Waals surface area contributed by atoms with Crippen LogP contribution in [-0.4, -0.2) is 37.0 Å². The van der Waals surface area contributed by atoms with E-state index in [1.54, 1.807) is 18.2 Å². The minimum atomic E-state index is -0.621. The molecule has 25 heavy (non-hydrogen) atoms. The summed E-state index contributed by atoms with van der Waals surface area (Å²) < 4.78 is 9.72. The molecular formula is C16H12ClN3O4S. The van der Waals surface area contributed by atoms with Gasteiger partial charge in [0.05, 0.1) is 23.3 Å². The Hall–Kier alpha value is -2.76. The Labute approximate surface area is 153 Å². The first-order valence-electron chi connectivity index (χ1n) is 6.79. The first kappa shape index (κ1) is 18.6. The van der Waals surface area contributed by atoms with E-state index in [0.29, 0.717) is 16.3 Å². The lowest BCUT2D eigenvalue weighted by Gasteiger charge is -2.04. The van der Waals surface area contributed by atoms with Gasteiger partial charge in [0, 0.05) is 6.08 Å². The fourth-order valence-corrected chi connectivity index (χ4v) is 2.61. The predicted octanol–water partition coefficient (Wildman–Crippen LogP) is 1.96. The van der Waals surface area contributed by atoms with Crippen molar-refractivity contribution in [1.29, 1.82) is 0 Å². The van der Waals surface area contributed by atoms with Gasteiger partial charge in [-0.1, -0.05) is 17.5 Å². The van der Waals surface area contributed by atoms with Gasteiger partial charge in [-0.2, -0.15) is 5.10 Å². The van der Waals surface area contributed by atoms with Crippen molar-refractivity contribution in [3.63, 3.8) is 0 Å². The molecule has 0 aromatic heterocycles. The molecule has 0 spiro atoms. The Morgan fingerprint density at radius 1 is 1.52 bits per heavy atom. The summed E-state index contributed by atoms with van der Waals surface area (Å²) >= 11 is 7.05. The summed E-state index contributed by atoms with van der Waals surface area (Å²) in [6.07, 6.45) is 7.66. The summed E-state index contributed by atoms with van der Waals surface area (Å²) in [6, 6.07) is 5.03. The number of thioether (sulfide) groups is 1. The molecular weight excluding hydrogens is 366 g/mol. The van der Waals surface area contributed by atoms with Gasteiger partial charge >= 0.3 is 5.97 Å². The van der Waals surface area contributed by atoms with Gasteiger partial charge in [-0.15, -0.1) is 11.5 Å². The Kier molecular flexibility index (Phi) is 6.62. The number of hydrogen-bond acceptors (Lipinski definition) is 7. The summed E-state index contributed by atoms with van der Waals surface area (Å²) in [6.45, 7) is 0.124. The first-order valence-corrected chi connectivity index (χ1v) is 7.98. The average Bonchev–Trinajstić information content (AvgIpc) is 2.93. The number of ether oxygens (including phenoxy) is 2. The molecule has 128 valence electrons. The third kappa shape index (κ3) is 5.38. The maximum atomic E-state index is 11.7. The number of carbonyl (C=O) groups is 2. The molecule has 0 bridgehead atoms. The SMILES string of the molecule is C#CCOc1ccc(C=N/N=C2/NC(=O)/C(=C\C(=O)OC)S2)cc1Cl. The molecule has 0 aliphatic carbocycles. The molecule has 1 fully saturated rings. The Morgan fingerprint density at radius 3 is 3.00 bits per heavy atom. The van der Waals surface area contributed by atoms with Gasteiger partial charge < -0.3 is 9.47 Å². The van der Waals surface area contributed by atoms with Crippen LogP contribution in [0.5, 0.6) is 5.75 Å². The minimum Gasteiger partial charge on any atom is -0.479 e. The summed E-state index contributed by atoms with van der Waals surface area (Å²) in [7, 11) is 1.23. The molecule has 9 heteroatoms. The fraction of sp³-hybridized carbons (Fsp3) is 0.125. The maximum absolute atomic E-state index is 11.7. The number of benzene rings is 1. The zero-order chi connectivity index (χ0) is 18.2. The highest BCUT2D eigenvalue weighted by atomic mass is 35.5. The van der Waals surface area contributed by atoms with E-state index in [-0.39, 0.29) is 16.7 Å².